The number of carbonyl (C=O) groups is 2. The van der Waals surface area contributed by atoms with E-state index < -0.39 is 12.0 Å². The van der Waals surface area contributed by atoms with Crippen molar-refractivity contribution in [1.29, 1.82) is 0 Å². The molecule has 0 fully saturated rings. The Kier molecular flexibility index (Phi) is 4.89. The van der Waals surface area contributed by atoms with Gasteiger partial charge in [0.25, 0.3) is 5.91 Å². The normalized spacial score (nSPS) is 11.9. The minimum Gasteiger partial charge on any atom is -0.480 e. The highest BCUT2D eigenvalue weighted by molar-refractivity contribution is 5.96. The van der Waals surface area contributed by atoms with Crippen LogP contribution >= 0.6 is 0 Å². The molecular weight excluding hydrogens is 230 g/mol. The highest BCUT2D eigenvalue weighted by Gasteiger charge is 2.22. The van der Waals surface area contributed by atoms with Crippen LogP contribution in [0.4, 0.5) is 0 Å². The molecule has 0 spiro atoms. The zero-order valence-electron chi connectivity index (χ0n) is 11.0. The lowest BCUT2D eigenvalue weighted by Gasteiger charge is -2.21. The Balaban J connectivity index is 2.80. The van der Waals surface area contributed by atoms with E-state index in [-0.39, 0.29) is 5.91 Å². The molecule has 0 saturated heterocycles. The van der Waals surface area contributed by atoms with Crippen LogP contribution in [0, 0.1) is 0 Å². The summed E-state index contributed by atoms with van der Waals surface area (Å²) in [7, 11) is 1.50. The zero-order chi connectivity index (χ0) is 13.7. The molecule has 18 heavy (non-hydrogen) atoms. The number of aliphatic carboxylic acids is 1. The van der Waals surface area contributed by atoms with Gasteiger partial charge in [-0.25, -0.2) is 4.79 Å². The summed E-state index contributed by atoms with van der Waals surface area (Å²) in [5, 5.41) is 8.87. The summed E-state index contributed by atoms with van der Waals surface area (Å²) >= 11 is 0. The van der Waals surface area contributed by atoms with Crippen molar-refractivity contribution < 1.29 is 14.7 Å². The third-order valence-electron chi connectivity index (χ3n) is 3.00. The van der Waals surface area contributed by atoms with E-state index in [4.69, 9.17) is 5.11 Å². The predicted molar refractivity (Wildman–Crippen MR) is 69.6 cm³/mol. The van der Waals surface area contributed by atoms with E-state index in [0.29, 0.717) is 5.56 Å². The molecule has 1 amide bonds. The minimum atomic E-state index is -1.01. The van der Waals surface area contributed by atoms with E-state index in [0.717, 1.165) is 12.8 Å². The van der Waals surface area contributed by atoms with Gasteiger partial charge in [-0.1, -0.05) is 25.5 Å². The number of nitrogens with zero attached hydrogens (tertiary/aromatic N) is 1. The highest BCUT2D eigenvalue weighted by atomic mass is 16.4. The van der Waals surface area contributed by atoms with E-state index in [1.54, 1.807) is 12.1 Å². The fourth-order valence-corrected chi connectivity index (χ4v) is 1.65. The van der Waals surface area contributed by atoms with Gasteiger partial charge < -0.3 is 10.0 Å². The first kappa shape index (κ1) is 14.2. The first-order valence-electron chi connectivity index (χ1n) is 6.06. The Labute approximate surface area is 107 Å². The van der Waals surface area contributed by atoms with E-state index in [9.17, 15) is 9.59 Å². The fraction of sp³-hybridized carbons (Fsp3) is 0.429. The number of carboxylic acid groups (broad SMARTS) is 1. The smallest absolute Gasteiger partial charge is 0.326 e. The first-order chi connectivity index (χ1) is 8.47. The van der Waals surface area contributed by atoms with Gasteiger partial charge >= 0.3 is 5.97 Å². The SMILES string of the molecule is CCCc1ccc(C(=O)N(C)C(C)C(=O)O)cc1. The van der Waals surface area contributed by atoms with Crippen LogP contribution < -0.4 is 0 Å². The third kappa shape index (κ3) is 3.32. The molecule has 4 nitrogen and oxygen atoms in total. The summed E-state index contributed by atoms with van der Waals surface area (Å²) in [5.74, 6) is -1.28. The molecule has 0 saturated carbocycles. The van der Waals surface area contributed by atoms with Crippen molar-refractivity contribution in [3.8, 4) is 0 Å². The van der Waals surface area contributed by atoms with Crippen molar-refractivity contribution in [3.63, 3.8) is 0 Å². The first-order valence-corrected chi connectivity index (χ1v) is 6.06. The highest BCUT2D eigenvalue weighted by Crippen LogP contribution is 2.10. The maximum Gasteiger partial charge on any atom is 0.326 e. The van der Waals surface area contributed by atoms with Gasteiger partial charge in [-0.2, -0.15) is 0 Å². The molecule has 1 atom stereocenters. The Morgan fingerprint density at radius 1 is 1.28 bits per heavy atom. The monoisotopic (exact) mass is 249 g/mol. The third-order valence-corrected chi connectivity index (χ3v) is 3.00. The molecule has 0 aromatic heterocycles. The molecule has 1 rings (SSSR count). The number of rotatable bonds is 5. The second kappa shape index (κ2) is 6.19. The van der Waals surface area contributed by atoms with Crippen molar-refractivity contribution >= 4 is 11.9 Å². The molecule has 0 heterocycles. The molecule has 0 aliphatic carbocycles. The summed E-state index contributed by atoms with van der Waals surface area (Å²) in [6.07, 6.45) is 2.04. The molecule has 1 aromatic carbocycles. The maximum atomic E-state index is 12.0. The van der Waals surface area contributed by atoms with Gasteiger partial charge in [0.1, 0.15) is 6.04 Å². The molecule has 1 unspecified atom stereocenters. The van der Waals surface area contributed by atoms with Gasteiger partial charge in [0, 0.05) is 12.6 Å². The average Bonchev–Trinajstić information content (AvgIpc) is 2.37. The maximum absolute atomic E-state index is 12.0. The van der Waals surface area contributed by atoms with Crippen molar-refractivity contribution in [3.05, 3.63) is 35.4 Å². The quantitative estimate of drug-likeness (QED) is 0.870. The number of aryl methyl sites for hydroxylation is 1. The van der Waals surface area contributed by atoms with Gasteiger partial charge in [0.2, 0.25) is 0 Å². The number of benzene rings is 1. The van der Waals surface area contributed by atoms with Crippen LogP contribution in [-0.2, 0) is 11.2 Å². The van der Waals surface area contributed by atoms with Gasteiger partial charge in [0.15, 0.2) is 0 Å². The predicted octanol–water partition coefficient (Wildman–Crippen LogP) is 2.18. The summed E-state index contributed by atoms with van der Waals surface area (Å²) in [4.78, 5) is 24.1. The molecular formula is C14H19NO3. The van der Waals surface area contributed by atoms with Crippen LogP contribution in [0.2, 0.25) is 0 Å². The minimum absolute atomic E-state index is 0.270. The summed E-state index contributed by atoms with van der Waals surface area (Å²) < 4.78 is 0. The molecule has 0 aliphatic rings. The van der Waals surface area contributed by atoms with Gasteiger partial charge in [-0.05, 0) is 31.0 Å². The van der Waals surface area contributed by atoms with Gasteiger partial charge in [-0.3, -0.25) is 4.79 Å². The lowest BCUT2D eigenvalue weighted by molar-refractivity contribution is -0.141. The fourth-order valence-electron chi connectivity index (χ4n) is 1.65. The summed E-state index contributed by atoms with van der Waals surface area (Å²) in [5.41, 5.74) is 1.70. The van der Waals surface area contributed by atoms with Crippen LogP contribution in [0.3, 0.4) is 0 Å². The van der Waals surface area contributed by atoms with E-state index in [2.05, 4.69) is 6.92 Å². The number of carbonyl (C=O) groups excluding carboxylic acids is 1. The van der Waals surface area contributed by atoms with Crippen LogP contribution in [0.15, 0.2) is 24.3 Å². The van der Waals surface area contributed by atoms with Crippen LogP contribution in [0.5, 0.6) is 0 Å². The lowest BCUT2D eigenvalue weighted by atomic mass is 10.1. The summed E-state index contributed by atoms with van der Waals surface area (Å²) in [6, 6.07) is 6.50. The van der Waals surface area contributed by atoms with Crippen molar-refractivity contribution in [2.45, 2.75) is 32.7 Å². The van der Waals surface area contributed by atoms with Crippen molar-refractivity contribution in [2.75, 3.05) is 7.05 Å². The Bertz CT molecular complexity index is 425. The second-order valence-electron chi connectivity index (χ2n) is 4.38. The van der Waals surface area contributed by atoms with Gasteiger partial charge in [-0.15, -0.1) is 0 Å². The number of likely N-dealkylation sites (N-methyl/N-ethyl adjacent to an activating group) is 1. The number of hydrogen-bond acceptors (Lipinski definition) is 2. The van der Waals surface area contributed by atoms with E-state index in [1.807, 2.05) is 12.1 Å². The van der Waals surface area contributed by atoms with Crippen LogP contribution in [0.25, 0.3) is 0 Å². The zero-order valence-corrected chi connectivity index (χ0v) is 11.0. The molecule has 4 heteroatoms. The molecule has 0 bridgehead atoms. The standard InChI is InChI=1S/C14H19NO3/c1-4-5-11-6-8-12(9-7-11)13(16)15(3)10(2)14(17)18/h6-10H,4-5H2,1-3H3,(H,17,18). The molecule has 98 valence electrons. The molecule has 1 N–H and O–H groups in total. The van der Waals surface area contributed by atoms with Crippen molar-refractivity contribution in [1.82, 2.24) is 4.90 Å². The number of carboxylic acids is 1. The Morgan fingerprint density at radius 3 is 2.28 bits per heavy atom. The largest absolute Gasteiger partial charge is 0.480 e. The van der Waals surface area contributed by atoms with E-state index in [1.165, 1.54) is 24.4 Å². The number of hydrogen-bond donors (Lipinski definition) is 1. The Hall–Kier alpha value is -1.84. The molecule has 0 aliphatic heterocycles. The van der Waals surface area contributed by atoms with Crippen molar-refractivity contribution in [2.24, 2.45) is 0 Å². The average molecular weight is 249 g/mol. The van der Waals surface area contributed by atoms with Crippen LogP contribution in [-0.4, -0.2) is 35.0 Å². The molecule has 1 aromatic rings. The number of amides is 1. The second-order valence-corrected chi connectivity index (χ2v) is 4.38. The van der Waals surface area contributed by atoms with E-state index >= 15 is 0 Å². The summed E-state index contributed by atoms with van der Waals surface area (Å²) in [6.45, 7) is 3.59. The van der Waals surface area contributed by atoms with Gasteiger partial charge in [0.05, 0.1) is 0 Å². The van der Waals surface area contributed by atoms with Crippen LogP contribution in [0.1, 0.15) is 36.2 Å². The topological polar surface area (TPSA) is 57.6 Å². The Morgan fingerprint density at radius 2 is 1.83 bits per heavy atom. The lowest BCUT2D eigenvalue weighted by Crippen LogP contribution is -2.40. The molecule has 0 radical (unpaired) electrons.